The molecule has 1 aromatic carbocycles. The molecular weight excluding hydrogens is 423 g/mol. The molecule has 0 unspecified atom stereocenters. The monoisotopic (exact) mass is 438 g/mol. The fraction of sp³-hybridized carbons (Fsp3) is 0.235. The minimum atomic E-state index is -0.602. The molecule has 12 heteroatoms. The maximum atomic E-state index is 12.2. The summed E-state index contributed by atoms with van der Waals surface area (Å²) < 4.78 is 7.73. The third kappa shape index (κ3) is 5.24. The number of nitrogens with zero attached hydrogens (tertiary/aromatic N) is 5. The largest absolute Gasteiger partial charge is 0.475 e. The van der Waals surface area contributed by atoms with E-state index in [1.165, 1.54) is 18.0 Å². The van der Waals surface area contributed by atoms with Crippen LogP contribution in [0.4, 0.5) is 11.5 Å². The van der Waals surface area contributed by atoms with Crippen molar-refractivity contribution in [1.82, 2.24) is 19.6 Å². The predicted octanol–water partition coefficient (Wildman–Crippen LogP) is 3.38. The molecule has 3 rings (SSSR count). The summed E-state index contributed by atoms with van der Waals surface area (Å²) in [7, 11) is 1.29. The molecule has 1 amide bonds. The molecule has 2 heterocycles. The van der Waals surface area contributed by atoms with Gasteiger partial charge >= 0.3 is 11.6 Å². The second-order valence-electron chi connectivity index (χ2n) is 5.99. The van der Waals surface area contributed by atoms with Crippen molar-refractivity contribution in [2.75, 3.05) is 12.4 Å². The average Bonchev–Trinajstić information content (AvgIpc) is 3.25. The smallest absolute Gasteiger partial charge is 0.350 e. The number of halogens is 2. The standard InChI is InChI=1S/C17H16Cl2N6O4/c1-29-17-14(25(27)28)10-23(22-17)7-6-15(26)20-16-13(19)9-24(21-16)8-11-2-4-12(18)5-3-11/h2-5,9-10H,6-8H2,1H3,(H,20,21,26). The maximum absolute atomic E-state index is 12.2. The van der Waals surface area contributed by atoms with E-state index in [4.69, 9.17) is 27.9 Å². The average molecular weight is 439 g/mol. The number of nitro groups is 1. The van der Waals surface area contributed by atoms with Crippen LogP contribution in [0.3, 0.4) is 0 Å². The van der Waals surface area contributed by atoms with Crippen LogP contribution in [-0.4, -0.2) is 37.5 Å². The summed E-state index contributed by atoms with van der Waals surface area (Å²) in [5.74, 6) is -0.241. The summed E-state index contributed by atoms with van der Waals surface area (Å²) in [4.78, 5) is 22.5. The van der Waals surface area contributed by atoms with Crippen molar-refractivity contribution in [3.63, 3.8) is 0 Å². The van der Waals surface area contributed by atoms with Gasteiger partial charge in [-0.05, 0) is 17.7 Å². The number of nitrogens with one attached hydrogen (secondary N) is 1. The highest BCUT2D eigenvalue weighted by atomic mass is 35.5. The molecular formula is C17H16Cl2N6O4. The van der Waals surface area contributed by atoms with E-state index in [1.54, 1.807) is 23.0 Å². The Kier molecular flexibility index (Phi) is 6.35. The number of carbonyl (C=O) groups excluding carboxylic acids is 1. The van der Waals surface area contributed by atoms with Crippen molar-refractivity contribution in [2.45, 2.75) is 19.5 Å². The first-order valence-electron chi connectivity index (χ1n) is 8.39. The normalized spacial score (nSPS) is 10.7. The number of methoxy groups -OCH3 is 1. The predicted molar refractivity (Wildman–Crippen MR) is 106 cm³/mol. The molecule has 29 heavy (non-hydrogen) atoms. The number of hydrogen-bond acceptors (Lipinski definition) is 6. The lowest BCUT2D eigenvalue weighted by Gasteiger charge is -2.04. The number of aryl methyl sites for hydroxylation is 1. The molecule has 0 saturated carbocycles. The SMILES string of the molecule is COc1nn(CCC(=O)Nc2nn(Cc3ccc(Cl)cc3)cc2Cl)cc1[N+](=O)[O-]. The number of anilines is 1. The first-order chi connectivity index (χ1) is 13.9. The Morgan fingerprint density at radius 3 is 2.55 bits per heavy atom. The molecule has 1 N–H and O–H groups in total. The van der Waals surface area contributed by atoms with Gasteiger partial charge in [0.15, 0.2) is 5.82 Å². The van der Waals surface area contributed by atoms with Crippen molar-refractivity contribution in [2.24, 2.45) is 0 Å². The second-order valence-corrected chi connectivity index (χ2v) is 6.84. The first-order valence-corrected chi connectivity index (χ1v) is 9.14. The fourth-order valence-electron chi connectivity index (χ4n) is 2.53. The highest BCUT2D eigenvalue weighted by molar-refractivity contribution is 6.33. The van der Waals surface area contributed by atoms with Crippen LogP contribution in [0.1, 0.15) is 12.0 Å². The Morgan fingerprint density at radius 1 is 1.21 bits per heavy atom. The molecule has 0 saturated heterocycles. The zero-order valence-electron chi connectivity index (χ0n) is 15.2. The third-order valence-corrected chi connectivity index (χ3v) is 4.43. The molecule has 0 bridgehead atoms. The van der Waals surface area contributed by atoms with E-state index >= 15 is 0 Å². The molecule has 0 aliphatic heterocycles. The summed E-state index contributed by atoms with van der Waals surface area (Å²) >= 11 is 12.0. The van der Waals surface area contributed by atoms with Crippen LogP contribution in [-0.2, 0) is 17.9 Å². The minimum absolute atomic E-state index is 0.0162. The van der Waals surface area contributed by atoms with Gasteiger partial charge in [0.1, 0.15) is 11.2 Å². The van der Waals surface area contributed by atoms with Crippen LogP contribution >= 0.6 is 23.2 Å². The highest BCUT2D eigenvalue weighted by Crippen LogP contribution is 2.24. The Labute approximate surface area is 175 Å². The van der Waals surface area contributed by atoms with Crippen LogP contribution in [0.5, 0.6) is 5.88 Å². The van der Waals surface area contributed by atoms with Crippen molar-refractivity contribution in [1.29, 1.82) is 0 Å². The topological polar surface area (TPSA) is 117 Å². The zero-order chi connectivity index (χ0) is 21.0. The highest BCUT2D eigenvalue weighted by Gasteiger charge is 2.20. The molecule has 0 aliphatic rings. The van der Waals surface area contributed by atoms with Gasteiger partial charge in [-0.1, -0.05) is 35.3 Å². The summed E-state index contributed by atoms with van der Waals surface area (Å²) in [5, 5.41) is 22.7. The van der Waals surface area contributed by atoms with E-state index in [0.29, 0.717) is 16.6 Å². The van der Waals surface area contributed by atoms with Gasteiger partial charge in [-0.3, -0.25) is 24.3 Å². The lowest BCUT2D eigenvalue weighted by Crippen LogP contribution is -2.15. The summed E-state index contributed by atoms with van der Waals surface area (Å²) in [6.07, 6.45) is 2.83. The summed E-state index contributed by atoms with van der Waals surface area (Å²) in [6.45, 7) is 0.586. The van der Waals surface area contributed by atoms with Crippen molar-refractivity contribution < 1.29 is 14.5 Å². The second kappa shape index (κ2) is 8.93. The number of hydrogen-bond donors (Lipinski definition) is 1. The van der Waals surface area contributed by atoms with Gasteiger partial charge in [0.2, 0.25) is 5.91 Å². The number of benzene rings is 1. The Morgan fingerprint density at radius 2 is 1.93 bits per heavy atom. The number of aromatic nitrogens is 4. The van der Waals surface area contributed by atoms with Gasteiger partial charge in [-0.15, -0.1) is 5.10 Å². The minimum Gasteiger partial charge on any atom is -0.475 e. The van der Waals surface area contributed by atoms with Gasteiger partial charge in [-0.2, -0.15) is 5.10 Å². The van der Waals surface area contributed by atoms with Gasteiger partial charge in [-0.25, -0.2) is 0 Å². The molecule has 0 atom stereocenters. The van der Waals surface area contributed by atoms with Crippen molar-refractivity contribution in [3.8, 4) is 5.88 Å². The number of amides is 1. The van der Waals surface area contributed by atoms with Gasteiger partial charge < -0.3 is 10.1 Å². The quantitative estimate of drug-likeness (QED) is 0.425. The van der Waals surface area contributed by atoms with Gasteiger partial charge in [0.05, 0.1) is 25.1 Å². The molecule has 0 aliphatic carbocycles. The molecule has 152 valence electrons. The zero-order valence-corrected chi connectivity index (χ0v) is 16.7. The lowest BCUT2D eigenvalue weighted by atomic mass is 10.2. The number of ether oxygens (including phenoxy) is 1. The fourth-order valence-corrected chi connectivity index (χ4v) is 2.85. The Bertz CT molecular complexity index is 1030. The molecule has 0 radical (unpaired) electrons. The van der Waals surface area contributed by atoms with Crippen LogP contribution < -0.4 is 10.1 Å². The molecule has 0 fully saturated rings. The molecule has 2 aromatic heterocycles. The van der Waals surface area contributed by atoms with E-state index in [0.717, 1.165) is 5.56 Å². The molecule has 3 aromatic rings. The Balaban J connectivity index is 1.59. The van der Waals surface area contributed by atoms with Gasteiger partial charge in [0.25, 0.3) is 0 Å². The van der Waals surface area contributed by atoms with Gasteiger partial charge in [0, 0.05) is 17.6 Å². The molecule has 0 spiro atoms. The van der Waals surface area contributed by atoms with Crippen molar-refractivity contribution >= 4 is 40.6 Å². The van der Waals surface area contributed by atoms with E-state index in [2.05, 4.69) is 15.5 Å². The number of rotatable bonds is 8. The van der Waals surface area contributed by atoms with Crippen LogP contribution in [0.2, 0.25) is 10.0 Å². The third-order valence-electron chi connectivity index (χ3n) is 3.90. The van der Waals surface area contributed by atoms with E-state index in [1.807, 2.05) is 12.1 Å². The molecule has 10 nitrogen and oxygen atoms in total. The number of carbonyl (C=O) groups is 1. The van der Waals surface area contributed by atoms with E-state index < -0.39 is 4.92 Å². The lowest BCUT2D eigenvalue weighted by molar-refractivity contribution is -0.385. The van der Waals surface area contributed by atoms with Crippen LogP contribution in [0, 0.1) is 10.1 Å². The Hall–Kier alpha value is -3.11. The summed E-state index contributed by atoms with van der Waals surface area (Å²) in [6, 6.07) is 7.29. The van der Waals surface area contributed by atoms with Crippen molar-refractivity contribution in [3.05, 3.63) is 62.4 Å². The van der Waals surface area contributed by atoms with E-state index in [9.17, 15) is 14.9 Å². The van der Waals surface area contributed by atoms with E-state index in [-0.39, 0.29) is 36.3 Å². The van der Waals surface area contributed by atoms with Crippen LogP contribution in [0.25, 0.3) is 0 Å². The first kappa shape index (κ1) is 20.6. The van der Waals surface area contributed by atoms with Crippen LogP contribution in [0.15, 0.2) is 36.7 Å². The maximum Gasteiger partial charge on any atom is 0.350 e. The summed E-state index contributed by atoms with van der Waals surface area (Å²) in [5.41, 5.74) is 0.706.